The van der Waals surface area contributed by atoms with Gasteiger partial charge in [-0.15, -0.1) is 0 Å². The van der Waals surface area contributed by atoms with Crippen LogP contribution in [0.5, 0.6) is 11.5 Å². The van der Waals surface area contributed by atoms with Crippen molar-refractivity contribution >= 4 is 11.7 Å². The lowest BCUT2D eigenvalue weighted by Gasteiger charge is -2.12. The van der Waals surface area contributed by atoms with E-state index in [1.807, 2.05) is 30.3 Å². The highest BCUT2D eigenvalue weighted by Crippen LogP contribution is 2.21. The fraction of sp³-hybridized carbons (Fsp3) is 0.0526. The summed E-state index contributed by atoms with van der Waals surface area (Å²) >= 11 is 0. The highest BCUT2D eigenvalue weighted by Gasteiger charge is 2.20. The Balaban J connectivity index is 1.63. The Labute approximate surface area is 149 Å². The first kappa shape index (κ1) is 17.2. The number of hydrogen-bond donors (Lipinski definition) is 2. The van der Waals surface area contributed by atoms with Crippen LogP contribution in [0.4, 0.5) is 0 Å². The SMILES string of the molecule is O=C(NC(O)C(=O)c1ccc(Oc2ccccc2)cc1)c1cnccn1. The number of aliphatic hydroxyl groups excluding tert-OH is 1. The molecule has 1 aromatic heterocycles. The lowest BCUT2D eigenvalue weighted by Crippen LogP contribution is -2.41. The molecule has 1 atom stereocenters. The first-order chi connectivity index (χ1) is 12.6. The van der Waals surface area contributed by atoms with Gasteiger partial charge in [0.2, 0.25) is 5.78 Å². The predicted octanol–water partition coefficient (Wildman–Crippen LogP) is 2.20. The number of ether oxygens (including phenoxy) is 1. The van der Waals surface area contributed by atoms with E-state index in [-0.39, 0.29) is 11.3 Å². The molecule has 0 aliphatic heterocycles. The summed E-state index contributed by atoms with van der Waals surface area (Å²) in [7, 11) is 0. The van der Waals surface area contributed by atoms with E-state index in [0.29, 0.717) is 11.5 Å². The topological polar surface area (TPSA) is 101 Å². The normalized spacial score (nSPS) is 11.4. The molecule has 7 nitrogen and oxygen atoms in total. The van der Waals surface area contributed by atoms with Crippen molar-refractivity contribution in [3.8, 4) is 11.5 Å². The Morgan fingerprint density at radius 3 is 2.31 bits per heavy atom. The molecule has 0 bridgehead atoms. The van der Waals surface area contributed by atoms with Gasteiger partial charge in [0.15, 0.2) is 6.23 Å². The zero-order valence-electron chi connectivity index (χ0n) is 13.6. The second-order valence-electron chi connectivity index (χ2n) is 5.27. The van der Waals surface area contributed by atoms with Gasteiger partial charge >= 0.3 is 0 Å². The molecule has 1 unspecified atom stereocenters. The largest absolute Gasteiger partial charge is 0.457 e. The van der Waals surface area contributed by atoms with Crippen LogP contribution in [-0.2, 0) is 0 Å². The van der Waals surface area contributed by atoms with Gasteiger partial charge < -0.3 is 15.2 Å². The molecule has 130 valence electrons. The van der Waals surface area contributed by atoms with Crippen molar-refractivity contribution in [2.24, 2.45) is 0 Å². The van der Waals surface area contributed by atoms with Crippen molar-refractivity contribution in [3.05, 3.63) is 84.4 Å². The van der Waals surface area contributed by atoms with Gasteiger partial charge in [-0.05, 0) is 36.4 Å². The molecule has 2 aromatic carbocycles. The molecule has 0 fully saturated rings. The van der Waals surface area contributed by atoms with E-state index < -0.39 is 17.9 Å². The van der Waals surface area contributed by atoms with Crippen LogP contribution in [0.15, 0.2) is 73.2 Å². The molecule has 0 spiro atoms. The Bertz CT molecular complexity index is 884. The molecule has 7 heteroatoms. The van der Waals surface area contributed by atoms with Gasteiger partial charge in [0.25, 0.3) is 5.91 Å². The van der Waals surface area contributed by atoms with Gasteiger partial charge in [-0.3, -0.25) is 14.6 Å². The van der Waals surface area contributed by atoms with E-state index in [4.69, 9.17) is 4.74 Å². The zero-order chi connectivity index (χ0) is 18.4. The molecule has 1 amide bonds. The van der Waals surface area contributed by atoms with Crippen LogP contribution < -0.4 is 10.1 Å². The van der Waals surface area contributed by atoms with E-state index in [0.717, 1.165) is 0 Å². The zero-order valence-corrected chi connectivity index (χ0v) is 13.6. The average Bonchev–Trinajstić information content (AvgIpc) is 2.69. The average molecular weight is 349 g/mol. The molecule has 0 aliphatic carbocycles. The lowest BCUT2D eigenvalue weighted by molar-refractivity contribution is 0.0605. The molecule has 3 rings (SSSR count). The van der Waals surface area contributed by atoms with Gasteiger partial charge in [-0.1, -0.05) is 18.2 Å². The predicted molar refractivity (Wildman–Crippen MR) is 92.8 cm³/mol. The minimum Gasteiger partial charge on any atom is -0.457 e. The van der Waals surface area contributed by atoms with E-state index in [9.17, 15) is 14.7 Å². The fourth-order valence-corrected chi connectivity index (χ4v) is 2.15. The van der Waals surface area contributed by atoms with Gasteiger partial charge in [-0.2, -0.15) is 0 Å². The van der Waals surface area contributed by atoms with Crippen molar-refractivity contribution in [1.82, 2.24) is 15.3 Å². The number of ketones is 1. The van der Waals surface area contributed by atoms with Crippen LogP contribution in [0.25, 0.3) is 0 Å². The smallest absolute Gasteiger partial charge is 0.273 e. The van der Waals surface area contributed by atoms with E-state index in [2.05, 4.69) is 15.3 Å². The number of nitrogens with zero attached hydrogens (tertiary/aromatic N) is 2. The number of carbonyl (C=O) groups excluding carboxylic acids is 2. The van der Waals surface area contributed by atoms with Gasteiger partial charge in [0, 0.05) is 18.0 Å². The third-order valence-electron chi connectivity index (χ3n) is 3.43. The van der Waals surface area contributed by atoms with Crippen LogP contribution in [0.2, 0.25) is 0 Å². The van der Waals surface area contributed by atoms with Crippen molar-refractivity contribution < 1.29 is 19.4 Å². The number of hydrogen-bond acceptors (Lipinski definition) is 6. The molecule has 1 heterocycles. The fourth-order valence-electron chi connectivity index (χ4n) is 2.15. The van der Waals surface area contributed by atoms with Crippen LogP contribution in [0.3, 0.4) is 0 Å². The monoisotopic (exact) mass is 349 g/mol. The quantitative estimate of drug-likeness (QED) is 0.523. The summed E-state index contributed by atoms with van der Waals surface area (Å²) in [5, 5.41) is 12.1. The molecule has 3 aromatic rings. The Hall–Kier alpha value is -3.58. The summed E-state index contributed by atoms with van der Waals surface area (Å²) in [5.74, 6) is -0.120. The Kier molecular flexibility index (Phi) is 5.31. The number of nitrogens with one attached hydrogen (secondary N) is 1. The third-order valence-corrected chi connectivity index (χ3v) is 3.43. The number of Topliss-reactive ketones (excluding diaryl/α,β-unsaturated/α-hetero) is 1. The molecule has 0 saturated carbocycles. The Morgan fingerprint density at radius 1 is 0.962 bits per heavy atom. The summed E-state index contributed by atoms with van der Waals surface area (Å²) in [6, 6.07) is 15.4. The van der Waals surface area contributed by atoms with Crippen LogP contribution >= 0.6 is 0 Å². The van der Waals surface area contributed by atoms with Gasteiger partial charge in [0.1, 0.15) is 17.2 Å². The molecule has 26 heavy (non-hydrogen) atoms. The maximum absolute atomic E-state index is 12.2. The van der Waals surface area contributed by atoms with Crippen molar-refractivity contribution in [2.75, 3.05) is 0 Å². The van der Waals surface area contributed by atoms with Gasteiger partial charge in [0.05, 0.1) is 6.20 Å². The van der Waals surface area contributed by atoms with Crippen LogP contribution in [-0.4, -0.2) is 33.0 Å². The number of aromatic nitrogens is 2. The number of rotatable bonds is 6. The lowest BCUT2D eigenvalue weighted by atomic mass is 10.1. The maximum Gasteiger partial charge on any atom is 0.273 e. The summed E-state index contributed by atoms with van der Waals surface area (Å²) in [6.07, 6.45) is 2.30. The van der Waals surface area contributed by atoms with Gasteiger partial charge in [-0.25, -0.2) is 4.98 Å². The van der Waals surface area contributed by atoms with E-state index >= 15 is 0 Å². The summed E-state index contributed by atoms with van der Waals surface area (Å²) in [5.41, 5.74) is 0.239. The first-order valence-electron chi connectivity index (χ1n) is 7.75. The minimum atomic E-state index is -1.69. The second-order valence-corrected chi connectivity index (χ2v) is 5.27. The highest BCUT2D eigenvalue weighted by molar-refractivity contribution is 6.02. The minimum absolute atomic E-state index is 0.00552. The number of amides is 1. The van der Waals surface area contributed by atoms with Crippen molar-refractivity contribution in [1.29, 1.82) is 0 Å². The maximum atomic E-state index is 12.2. The second kappa shape index (κ2) is 8.00. The molecular formula is C19H15N3O4. The number of carbonyl (C=O) groups is 2. The molecule has 0 saturated heterocycles. The Morgan fingerprint density at radius 2 is 1.65 bits per heavy atom. The molecular weight excluding hydrogens is 334 g/mol. The summed E-state index contributed by atoms with van der Waals surface area (Å²) < 4.78 is 5.64. The third kappa shape index (κ3) is 4.28. The van der Waals surface area contributed by atoms with E-state index in [1.165, 1.54) is 30.7 Å². The van der Waals surface area contributed by atoms with Crippen LogP contribution in [0.1, 0.15) is 20.8 Å². The number of aliphatic hydroxyl groups is 1. The molecule has 0 aliphatic rings. The first-order valence-corrected chi connectivity index (χ1v) is 7.75. The van der Waals surface area contributed by atoms with Crippen molar-refractivity contribution in [3.63, 3.8) is 0 Å². The van der Waals surface area contributed by atoms with E-state index in [1.54, 1.807) is 12.1 Å². The number of benzene rings is 2. The standard InChI is InChI=1S/C19H15N3O4/c23-17(19(25)22-18(24)16-12-20-10-11-21-16)13-6-8-15(9-7-13)26-14-4-2-1-3-5-14/h1-12,19,25H,(H,22,24). The number of para-hydroxylation sites is 1. The molecule has 2 N–H and O–H groups in total. The highest BCUT2D eigenvalue weighted by atomic mass is 16.5. The summed E-state index contributed by atoms with van der Waals surface area (Å²) in [4.78, 5) is 31.7. The van der Waals surface area contributed by atoms with Crippen LogP contribution in [0, 0.1) is 0 Å². The summed E-state index contributed by atoms with van der Waals surface area (Å²) in [6.45, 7) is 0. The molecule has 0 radical (unpaired) electrons. The van der Waals surface area contributed by atoms with Crippen molar-refractivity contribution in [2.45, 2.75) is 6.23 Å².